The van der Waals surface area contributed by atoms with Crippen LogP contribution in [0.2, 0.25) is 0 Å². The molecule has 1 amide bonds. The Kier molecular flexibility index (Phi) is 4.56. The quantitative estimate of drug-likeness (QED) is 0.739. The van der Waals surface area contributed by atoms with Crippen molar-refractivity contribution in [1.29, 1.82) is 0 Å². The van der Waals surface area contributed by atoms with Gasteiger partial charge >= 0.3 is 12.1 Å². The summed E-state index contributed by atoms with van der Waals surface area (Å²) in [6.45, 7) is 6.29. The van der Waals surface area contributed by atoms with Crippen molar-refractivity contribution in [3.8, 4) is 0 Å². The van der Waals surface area contributed by atoms with Gasteiger partial charge in [-0.25, -0.2) is 4.79 Å². The highest BCUT2D eigenvalue weighted by molar-refractivity contribution is 5.71. The number of carbonyl (C=O) groups excluding carboxylic acids is 2. The Morgan fingerprint density at radius 1 is 1.33 bits per heavy atom. The molecule has 6 heteroatoms. The number of hydrogen-bond donors (Lipinski definition) is 1. The molecule has 0 radical (unpaired) electrons. The van der Waals surface area contributed by atoms with Gasteiger partial charge in [-0.05, 0) is 20.8 Å². The van der Waals surface area contributed by atoms with Crippen molar-refractivity contribution >= 4 is 12.1 Å². The van der Waals surface area contributed by atoms with E-state index in [-0.39, 0.29) is 30.4 Å². The fourth-order valence-electron chi connectivity index (χ4n) is 1.89. The summed E-state index contributed by atoms with van der Waals surface area (Å²) in [5.41, 5.74) is 5.39. The molecular formula is C12H22N2O4. The molecule has 2 atom stereocenters. The van der Waals surface area contributed by atoms with Crippen LogP contribution >= 0.6 is 0 Å². The predicted molar refractivity (Wildman–Crippen MR) is 65.9 cm³/mol. The van der Waals surface area contributed by atoms with E-state index in [1.165, 1.54) is 7.11 Å². The molecule has 1 rings (SSSR count). The van der Waals surface area contributed by atoms with Gasteiger partial charge in [-0.3, -0.25) is 4.79 Å². The van der Waals surface area contributed by atoms with Crippen molar-refractivity contribution in [3.63, 3.8) is 0 Å². The number of ether oxygens (including phenoxy) is 2. The number of rotatable bonds is 2. The second kappa shape index (κ2) is 5.56. The Hall–Kier alpha value is -1.30. The molecule has 2 N–H and O–H groups in total. The lowest BCUT2D eigenvalue weighted by atomic mass is 10.0. The molecule has 104 valence electrons. The number of hydrogen-bond acceptors (Lipinski definition) is 5. The average molecular weight is 258 g/mol. The Labute approximate surface area is 107 Å². The molecule has 0 bridgehead atoms. The van der Waals surface area contributed by atoms with Gasteiger partial charge in [0, 0.05) is 25.0 Å². The molecule has 1 heterocycles. The molecule has 18 heavy (non-hydrogen) atoms. The van der Waals surface area contributed by atoms with E-state index in [0.29, 0.717) is 13.1 Å². The lowest BCUT2D eigenvalue weighted by Gasteiger charge is -2.24. The summed E-state index contributed by atoms with van der Waals surface area (Å²) in [4.78, 5) is 24.6. The van der Waals surface area contributed by atoms with Gasteiger partial charge in [0.25, 0.3) is 0 Å². The normalized spacial score (nSPS) is 23.9. The van der Waals surface area contributed by atoms with E-state index >= 15 is 0 Å². The van der Waals surface area contributed by atoms with Crippen LogP contribution in [0.4, 0.5) is 4.79 Å². The first-order valence-electron chi connectivity index (χ1n) is 6.03. The van der Waals surface area contributed by atoms with Crippen molar-refractivity contribution < 1.29 is 19.1 Å². The summed E-state index contributed by atoms with van der Waals surface area (Å²) in [7, 11) is 1.34. The van der Waals surface area contributed by atoms with Crippen LogP contribution in [0, 0.1) is 5.92 Å². The predicted octanol–water partition coefficient (Wildman–Crippen LogP) is 0.744. The van der Waals surface area contributed by atoms with Gasteiger partial charge in [0.1, 0.15) is 5.60 Å². The van der Waals surface area contributed by atoms with Crippen LogP contribution < -0.4 is 5.73 Å². The molecule has 0 unspecified atom stereocenters. The minimum absolute atomic E-state index is 0.0648. The molecule has 1 aliphatic rings. The van der Waals surface area contributed by atoms with Gasteiger partial charge in [-0.1, -0.05) is 0 Å². The summed E-state index contributed by atoms with van der Waals surface area (Å²) in [5.74, 6) is -0.369. The molecular weight excluding hydrogens is 236 g/mol. The summed E-state index contributed by atoms with van der Waals surface area (Å²) in [5, 5.41) is 0. The molecule has 0 aromatic rings. The summed E-state index contributed by atoms with van der Waals surface area (Å²) in [6.07, 6.45) is -0.151. The van der Waals surface area contributed by atoms with Gasteiger partial charge in [-0.2, -0.15) is 0 Å². The topological polar surface area (TPSA) is 81.9 Å². The number of likely N-dealkylation sites (tertiary alicyclic amines) is 1. The Morgan fingerprint density at radius 3 is 2.44 bits per heavy atom. The molecule has 0 saturated carbocycles. The third-order valence-corrected chi connectivity index (χ3v) is 2.80. The second-order valence-electron chi connectivity index (χ2n) is 5.59. The standard InChI is InChI=1S/C12H22N2O4/c1-12(2,3)18-11(16)14-6-8(9(13)7-14)5-10(15)17-4/h8-9H,5-7,13H2,1-4H3/t8-,9-/m0/s1. The summed E-state index contributed by atoms with van der Waals surface area (Å²) >= 11 is 0. The van der Waals surface area contributed by atoms with Crippen LogP contribution in [0.1, 0.15) is 27.2 Å². The molecule has 0 aromatic heterocycles. The summed E-state index contributed by atoms with van der Waals surface area (Å²) in [6, 6.07) is -0.211. The third kappa shape index (κ3) is 4.18. The fraction of sp³-hybridized carbons (Fsp3) is 0.833. The van der Waals surface area contributed by atoms with Gasteiger partial charge in [0.05, 0.1) is 13.5 Å². The monoisotopic (exact) mass is 258 g/mol. The van der Waals surface area contributed by atoms with Gasteiger partial charge in [-0.15, -0.1) is 0 Å². The van der Waals surface area contributed by atoms with Crippen LogP contribution in [-0.2, 0) is 14.3 Å². The Balaban J connectivity index is 2.53. The number of nitrogens with two attached hydrogens (primary N) is 1. The fourth-order valence-corrected chi connectivity index (χ4v) is 1.89. The number of amides is 1. The molecule has 0 aromatic carbocycles. The highest BCUT2D eigenvalue weighted by Crippen LogP contribution is 2.21. The largest absolute Gasteiger partial charge is 0.469 e. The van der Waals surface area contributed by atoms with Crippen LogP contribution in [0.15, 0.2) is 0 Å². The smallest absolute Gasteiger partial charge is 0.410 e. The molecule has 1 saturated heterocycles. The lowest BCUT2D eigenvalue weighted by molar-refractivity contribution is -0.141. The number of nitrogens with zero attached hydrogens (tertiary/aromatic N) is 1. The van der Waals surface area contributed by atoms with E-state index in [1.54, 1.807) is 4.90 Å². The SMILES string of the molecule is COC(=O)C[C@H]1CN(C(=O)OC(C)(C)C)C[C@@H]1N. The van der Waals surface area contributed by atoms with Crippen LogP contribution in [-0.4, -0.2) is 48.8 Å². The maximum absolute atomic E-state index is 11.8. The van der Waals surface area contributed by atoms with Gasteiger partial charge in [0.2, 0.25) is 0 Å². The van der Waals surface area contributed by atoms with Crippen LogP contribution in [0.5, 0.6) is 0 Å². The molecule has 0 spiro atoms. The third-order valence-electron chi connectivity index (χ3n) is 2.80. The maximum atomic E-state index is 11.8. The van der Waals surface area contributed by atoms with Crippen molar-refractivity contribution in [2.45, 2.75) is 38.8 Å². The lowest BCUT2D eigenvalue weighted by Crippen LogP contribution is -2.36. The molecule has 1 fully saturated rings. The molecule has 1 aliphatic heterocycles. The van der Waals surface area contributed by atoms with E-state index in [0.717, 1.165) is 0 Å². The first-order chi connectivity index (χ1) is 8.23. The van der Waals surface area contributed by atoms with Gasteiger partial charge < -0.3 is 20.1 Å². The van der Waals surface area contributed by atoms with Crippen LogP contribution in [0.25, 0.3) is 0 Å². The van der Waals surface area contributed by atoms with E-state index in [1.807, 2.05) is 20.8 Å². The first-order valence-corrected chi connectivity index (χ1v) is 6.03. The van der Waals surface area contributed by atoms with Crippen LogP contribution in [0.3, 0.4) is 0 Å². The van der Waals surface area contributed by atoms with E-state index in [9.17, 15) is 9.59 Å². The zero-order valence-electron chi connectivity index (χ0n) is 11.4. The zero-order chi connectivity index (χ0) is 13.9. The number of methoxy groups -OCH3 is 1. The minimum Gasteiger partial charge on any atom is -0.469 e. The molecule has 0 aliphatic carbocycles. The first kappa shape index (κ1) is 14.8. The Bertz CT molecular complexity index is 325. The van der Waals surface area contributed by atoms with E-state index < -0.39 is 5.60 Å². The summed E-state index contributed by atoms with van der Waals surface area (Å²) < 4.78 is 9.87. The average Bonchev–Trinajstić information content (AvgIpc) is 2.58. The minimum atomic E-state index is -0.526. The van der Waals surface area contributed by atoms with E-state index in [2.05, 4.69) is 4.74 Å². The number of esters is 1. The number of carbonyl (C=O) groups is 2. The second-order valence-corrected chi connectivity index (χ2v) is 5.59. The molecule has 6 nitrogen and oxygen atoms in total. The van der Waals surface area contributed by atoms with E-state index in [4.69, 9.17) is 10.5 Å². The maximum Gasteiger partial charge on any atom is 0.410 e. The zero-order valence-corrected chi connectivity index (χ0v) is 11.4. The van der Waals surface area contributed by atoms with Crippen molar-refractivity contribution in [2.75, 3.05) is 20.2 Å². The highest BCUT2D eigenvalue weighted by Gasteiger charge is 2.36. The van der Waals surface area contributed by atoms with Crippen molar-refractivity contribution in [3.05, 3.63) is 0 Å². The van der Waals surface area contributed by atoms with Crippen molar-refractivity contribution in [2.24, 2.45) is 11.7 Å². The Morgan fingerprint density at radius 2 is 1.94 bits per heavy atom. The van der Waals surface area contributed by atoms with Gasteiger partial charge in [0.15, 0.2) is 0 Å². The van der Waals surface area contributed by atoms with Crippen molar-refractivity contribution in [1.82, 2.24) is 4.90 Å². The highest BCUT2D eigenvalue weighted by atomic mass is 16.6.